The molecule has 0 bridgehead atoms. The molecule has 0 aliphatic carbocycles. The van der Waals surface area contributed by atoms with Gasteiger partial charge in [0.25, 0.3) is 5.91 Å². The van der Waals surface area contributed by atoms with Crippen LogP contribution in [0.3, 0.4) is 0 Å². The zero-order valence-electron chi connectivity index (χ0n) is 13.6. The van der Waals surface area contributed by atoms with Crippen LogP contribution in [-0.4, -0.2) is 11.9 Å². The highest BCUT2D eigenvalue weighted by Gasteiger charge is 2.11. The van der Waals surface area contributed by atoms with Crippen LogP contribution in [0.15, 0.2) is 29.6 Å². The summed E-state index contributed by atoms with van der Waals surface area (Å²) in [6, 6.07) is 8.16. The molecule has 22 heavy (non-hydrogen) atoms. The molecule has 118 valence electrons. The minimum Gasteiger partial charge on any atom is -0.489 e. The van der Waals surface area contributed by atoms with Crippen LogP contribution in [0.25, 0.3) is 0 Å². The standard InChI is InChI=1S/C18H23NO2S/c1-5-13(3)19-18(20)17-9-15(11-22-17)10-21-16-8-6-7-12(2)14(16)4/h6-9,11,13H,5,10H2,1-4H3,(H,19,20). The second-order valence-electron chi connectivity index (χ2n) is 5.59. The van der Waals surface area contributed by atoms with E-state index in [1.54, 1.807) is 0 Å². The molecule has 0 saturated carbocycles. The van der Waals surface area contributed by atoms with E-state index in [1.165, 1.54) is 16.9 Å². The van der Waals surface area contributed by atoms with Gasteiger partial charge in [-0.05, 0) is 55.8 Å². The molecule has 1 aromatic heterocycles. The third-order valence-corrected chi connectivity index (χ3v) is 4.79. The van der Waals surface area contributed by atoms with Crippen molar-refractivity contribution >= 4 is 17.2 Å². The lowest BCUT2D eigenvalue weighted by Gasteiger charge is -2.10. The van der Waals surface area contributed by atoms with E-state index in [1.807, 2.05) is 30.5 Å². The first-order chi connectivity index (χ1) is 10.5. The van der Waals surface area contributed by atoms with E-state index in [-0.39, 0.29) is 11.9 Å². The quantitative estimate of drug-likeness (QED) is 0.853. The van der Waals surface area contributed by atoms with Crippen molar-refractivity contribution in [3.05, 3.63) is 51.2 Å². The fourth-order valence-corrected chi connectivity index (χ4v) is 2.81. The lowest BCUT2D eigenvalue weighted by Crippen LogP contribution is -2.31. The highest BCUT2D eigenvalue weighted by Crippen LogP contribution is 2.23. The zero-order chi connectivity index (χ0) is 16.1. The zero-order valence-corrected chi connectivity index (χ0v) is 14.4. The summed E-state index contributed by atoms with van der Waals surface area (Å²) < 4.78 is 5.87. The van der Waals surface area contributed by atoms with Crippen molar-refractivity contribution in [3.8, 4) is 5.75 Å². The summed E-state index contributed by atoms with van der Waals surface area (Å²) in [7, 11) is 0. The first-order valence-corrected chi connectivity index (χ1v) is 8.46. The van der Waals surface area contributed by atoms with Gasteiger partial charge >= 0.3 is 0 Å². The average Bonchev–Trinajstić information content (AvgIpc) is 2.97. The van der Waals surface area contributed by atoms with E-state index >= 15 is 0 Å². The lowest BCUT2D eigenvalue weighted by atomic mass is 10.1. The van der Waals surface area contributed by atoms with E-state index in [4.69, 9.17) is 4.74 Å². The van der Waals surface area contributed by atoms with E-state index in [2.05, 4.69) is 32.2 Å². The van der Waals surface area contributed by atoms with Gasteiger partial charge in [0.1, 0.15) is 12.4 Å². The summed E-state index contributed by atoms with van der Waals surface area (Å²) in [6.07, 6.45) is 0.930. The van der Waals surface area contributed by atoms with Crippen LogP contribution in [-0.2, 0) is 6.61 Å². The van der Waals surface area contributed by atoms with Gasteiger partial charge in [-0.3, -0.25) is 4.79 Å². The van der Waals surface area contributed by atoms with Crippen molar-refractivity contribution in [1.29, 1.82) is 0 Å². The van der Waals surface area contributed by atoms with Crippen molar-refractivity contribution in [3.63, 3.8) is 0 Å². The highest BCUT2D eigenvalue weighted by molar-refractivity contribution is 7.12. The Kier molecular flexibility index (Phi) is 5.61. The third kappa shape index (κ3) is 4.10. The predicted molar refractivity (Wildman–Crippen MR) is 91.8 cm³/mol. The summed E-state index contributed by atoms with van der Waals surface area (Å²) in [4.78, 5) is 12.8. The van der Waals surface area contributed by atoms with Gasteiger partial charge in [-0.1, -0.05) is 19.1 Å². The Bertz CT molecular complexity index is 648. The average molecular weight is 317 g/mol. The predicted octanol–water partition coefficient (Wildman–Crippen LogP) is 4.47. The van der Waals surface area contributed by atoms with Gasteiger partial charge in [0.15, 0.2) is 0 Å². The number of thiophene rings is 1. The molecule has 1 atom stereocenters. The van der Waals surface area contributed by atoms with Crippen LogP contribution in [0.5, 0.6) is 5.75 Å². The van der Waals surface area contributed by atoms with Crippen molar-refractivity contribution in [2.75, 3.05) is 0 Å². The number of aryl methyl sites for hydroxylation is 1. The number of amides is 1. The first kappa shape index (κ1) is 16.6. The Labute approximate surface area is 136 Å². The molecule has 0 fully saturated rings. The number of hydrogen-bond donors (Lipinski definition) is 1. The molecule has 1 unspecified atom stereocenters. The number of carbonyl (C=O) groups is 1. The summed E-state index contributed by atoms with van der Waals surface area (Å²) >= 11 is 1.46. The minimum atomic E-state index is -0.00247. The van der Waals surface area contributed by atoms with Crippen molar-refractivity contribution in [2.45, 2.75) is 46.8 Å². The van der Waals surface area contributed by atoms with Gasteiger partial charge in [0.2, 0.25) is 0 Å². The van der Waals surface area contributed by atoms with E-state index < -0.39 is 0 Å². The summed E-state index contributed by atoms with van der Waals surface area (Å²) in [5.41, 5.74) is 3.41. The van der Waals surface area contributed by atoms with E-state index in [0.29, 0.717) is 6.61 Å². The molecule has 0 saturated heterocycles. The summed E-state index contributed by atoms with van der Waals surface area (Å²) in [5, 5.41) is 4.96. The SMILES string of the molecule is CCC(C)NC(=O)c1cc(COc2cccc(C)c2C)cs1. The maximum absolute atomic E-state index is 12.1. The molecule has 3 nitrogen and oxygen atoms in total. The Morgan fingerprint density at radius 3 is 2.86 bits per heavy atom. The molecule has 1 aromatic carbocycles. The summed E-state index contributed by atoms with van der Waals surface area (Å²) in [6.45, 7) is 8.68. The normalized spacial score (nSPS) is 12.0. The van der Waals surface area contributed by atoms with Gasteiger partial charge in [-0.15, -0.1) is 11.3 Å². The maximum atomic E-state index is 12.1. The van der Waals surface area contributed by atoms with Crippen molar-refractivity contribution in [2.24, 2.45) is 0 Å². The molecule has 0 aliphatic heterocycles. The molecule has 0 radical (unpaired) electrons. The second kappa shape index (κ2) is 7.45. The molecule has 0 spiro atoms. The van der Waals surface area contributed by atoms with Crippen molar-refractivity contribution < 1.29 is 9.53 Å². The largest absolute Gasteiger partial charge is 0.489 e. The minimum absolute atomic E-state index is 0.00247. The molecule has 2 rings (SSSR count). The van der Waals surface area contributed by atoms with Gasteiger partial charge in [-0.2, -0.15) is 0 Å². The molecule has 1 N–H and O–H groups in total. The van der Waals surface area contributed by atoms with E-state index in [0.717, 1.165) is 28.2 Å². The molecule has 0 aliphatic rings. The van der Waals surface area contributed by atoms with Crippen LogP contribution in [0, 0.1) is 13.8 Å². The van der Waals surface area contributed by atoms with Gasteiger partial charge in [0.05, 0.1) is 4.88 Å². The second-order valence-corrected chi connectivity index (χ2v) is 6.50. The fourth-order valence-electron chi connectivity index (χ4n) is 2.01. The number of rotatable bonds is 6. The van der Waals surface area contributed by atoms with Gasteiger partial charge in [-0.25, -0.2) is 0 Å². The fraction of sp³-hybridized carbons (Fsp3) is 0.389. The number of benzene rings is 1. The van der Waals surface area contributed by atoms with E-state index in [9.17, 15) is 4.79 Å². The van der Waals surface area contributed by atoms with Crippen LogP contribution in [0.4, 0.5) is 0 Å². The number of hydrogen-bond acceptors (Lipinski definition) is 3. The number of ether oxygens (including phenoxy) is 1. The van der Waals surface area contributed by atoms with Crippen molar-refractivity contribution in [1.82, 2.24) is 5.32 Å². The Hall–Kier alpha value is -1.81. The van der Waals surface area contributed by atoms with Crippen LogP contribution >= 0.6 is 11.3 Å². The Morgan fingerprint density at radius 2 is 2.14 bits per heavy atom. The highest BCUT2D eigenvalue weighted by atomic mass is 32.1. The van der Waals surface area contributed by atoms with Crippen LogP contribution in [0.2, 0.25) is 0 Å². The molecule has 4 heteroatoms. The Morgan fingerprint density at radius 1 is 1.36 bits per heavy atom. The molecular formula is C18H23NO2S. The topological polar surface area (TPSA) is 38.3 Å². The monoisotopic (exact) mass is 317 g/mol. The third-order valence-electron chi connectivity index (χ3n) is 3.82. The molecule has 2 aromatic rings. The summed E-state index contributed by atoms with van der Waals surface area (Å²) in [5.74, 6) is 0.897. The molecular weight excluding hydrogens is 294 g/mol. The van der Waals surface area contributed by atoms with Crippen LogP contribution < -0.4 is 10.1 Å². The van der Waals surface area contributed by atoms with Gasteiger partial charge in [0, 0.05) is 11.6 Å². The molecule has 1 amide bonds. The maximum Gasteiger partial charge on any atom is 0.261 e. The Balaban J connectivity index is 1.97. The number of nitrogens with one attached hydrogen (secondary N) is 1. The van der Waals surface area contributed by atoms with Crippen LogP contribution in [0.1, 0.15) is 46.6 Å². The smallest absolute Gasteiger partial charge is 0.261 e. The first-order valence-electron chi connectivity index (χ1n) is 7.58. The number of carbonyl (C=O) groups excluding carboxylic acids is 1. The van der Waals surface area contributed by atoms with Gasteiger partial charge < -0.3 is 10.1 Å². The molecule has 1 heterocycles. The lowest BCUT2D eigenvalue weighted by molar-refractivity contribution is 0.0943.